The minimum Gasteiger partial charge on any atom is -0.378 e. The molecule has 1 saturated heterocycles. The molecule has 6 nitrogen and oxygen atoms in total. The Bertz CT molecular complexity index is 1490. The summed E-state index contributed by atoms with van der Waals surface area (Å²) in [6, 6.07) is 15.4. The van der Waals surface area contributed by atoms with Crippen molar-refractivity contribution in [2.24, 2.45) is 0 Å². The summed E-state index contributed by atoms with van der Waals surface area (Å²) in [5.74, 6) is 0. The lowest BCUT2D eigenvalue weighted by molar-refractivity contribution is 0.123. The highest BCUT2D eigenvalue weighted by Gasteiger charge is 2.16. The van der Waals surface area contributed by atoms with E-state index in [1.807, 2.05) is 42.7 Å². The lowest BCUT2D eigenvalue weighted by Crippen LogP contribution is -2.37. The summed E-state index contributed by atoms with van der Waals surface area (Å²) in [5.41, 5.74) is 2.98. The first kappa shape index (κ1) is 26.4. The summed E-state index contributed by atoms with van der Waals surface area (Å²) in [7, 11) is 0. The van der Waals surface area contributed by atoms with Crippen LogP contribution in [0.2, 0.25) is 5.02 Å². The molecular formula is C26H26ClI2N3O3. The average Bonchev–Trinajstić information content (AvgIpc) is 2.85. The lowest BCUT2D eigenvalue weighted by atomic mass is 10.1. The van der Waals surface area contributed by atoms with E-state index in [-0.39, 0.29) is 11.1 Å². The van der Waals surface area contributed by atoms with Crippen molar-refractivity contribution in [3.8, 4) is 0 Å². The van der Waals surface area contributed by atoms with Crippen molar-refractivity contribution in [1.29, 1.82) is 0 Å². The third-order valence-corrected chi connectivity index (χ3v) is 7.71. The molecule has 5 rings (SSSR count). The number of benzene rings is 2. The number of pyridine rings is 2. The molecule has 0 N–H and O–H groups in total. The van der Waals surface area contributed by atoms with E-state index in [0.29, 0.717) is 18.1 Å². The molecule has 35 heavy (non-hydrogen) atoms. The molecule has 9 heteroatoms. The van der Waals surface area contributed by atoms with E-state index in [2.05, 4.69) is 62.2 Å². The third kappa shape index (κ3) is 5.70. The van der Waals surface area contributed by atoms with E-state index in [4.69, 9.17) is 16.3 Å². The molecule has 2 aromatic heterocycles. The van der Waals surface area contributed by atoms with Crippen LogP contribution >= 0.6 is 56.8 Å². The minimum absolute atomic E-state index is 0.0452. The smallest absolute Gasteiger partial charge is 0.253 e. The zero-order valence-electron chi connectivity index (χ0n) is 19.6. The Morgan fingerprint density at radius 3 is 1.89 bits per heavy atom. The number of anilines is 1. The molecule has 3 heterocycles. The van der Waals surface area contributed by atoms with Crippen molar-refractivity contribution in [1.82, 2.24) is 9.13 Å². The molecule has 0 bridgehead atoms. The number of aryl methyl sites for hydroxylation is 2. The van der Waals surface area contributed by atoms with Crippen molar-refractivity contribution in [3.63, 3.8) is 0 Å². The van der Waals surface area contributed by atoms with E-state index in [1.165, 1.54) is 9.64 Å². The first-order chi connectivity index (χ1) is 16.8. The van der Waals surface area contributed by atoms with Crippen molar-refractivity contribution in [2.75, 3.05) is 31.2 Å². The molecule has 1 aliphatic rings. The first-order valence-electron chi connectivity index (χ1n) is 11.5. The quantitative estimate of drug-likeness (QED) is 0.254. The second kappa shape index (κ2) is 11.6. The predicted octanol–water partition coefficient (Wildman–Crippen LogP) is 5.74. The lowest BCUT2D eigenvalue weighted by Gasteiger charge is -2.30. The minimum atomic E-state index is -0.0452. The van der Waals surface area contributed by atoms with Gasteiger partial charge in [-0.05, 0) is 95.4 Å². The van der Waals surface area contributed by atoms with Crippen LogP contribution < -0.4 is 16.0 Å². The summed E-state index contributed by atoms with van der Waals surface area (Å²) in [6.45, 7) is 8.45. The molecule has 0 unspecified atom stereocenters. The average molecular weight is 718 g/mol. The molecule has 1 aliphatic heterocycles. The van der Waals surface area contributed by atoms with Gasteiger partial charge in [-0.15, -0.1) is 0 Å². The standard InChI is InChI=1S/C15H17IN2O2.C11H9ClINO/c1-2-18-13-4-3-11(16)9-12(13)14(10-15(18)19)17-5-7-20-8-6-17;1-2-14-10-4-3-7(13)5-8(10)9(12)6-11(14)15/h3-4,9-10H,2,5-8H2,1H3;3-6H,2H2,1H3. The molecule has 0 amide bonds. The molecule has 0 radical (unpaired) electrons. The number of ether oxygens (including phenoxy) is 1. The molecule has 184 valence electrons. The van der Waals surface area contributed by atoms with Crippen LogP contribution in [0.1, 0.15) is 13.8 Å². The molecule has 4 aromatic rings. The zero-order chi connectivity index (χ0) is 25.1. The Kier molecular flexibility index (Phi) is 8.77. The van der Waals surface area contributed by atoms with Gasteiger partial charge in [0.15, 0.2) is 0 Å². The Morgan fingerprint density at radius 2 is 1.31 bits per heavy atom. The molecule has 2 aromatic carbocycles. The number of aromatic nitrogens is 2. The van der Waals surface area contributed by atoms with Gasteiger partial charge in [0, 0.05) is 56.2 Å². The maximum absolute atomic E-state index is 12.3. The van der Waals surface area contributed by atoms with Crippen molar-refractivity contribution in [3.05, 3.63) is 81.4 Å². The maximum Gasteiger partial charge on any atom is 0.253 e. The SMILES string of the molecule is CCn1c(=O)cc(Cl)c2cc(I)ccc21.CCn1c(=O)cc(N2CCOCC2)c2cc(I)ccc21. The summed E-state index contributed by atoms with van der Waals surface area (Å²) in [5, 5.41) is 2.61. The Labute approximate surface area is 236 Å². The highest BCUT2D eigenvalue weighted by molar-refractivity contribution is 14.1. The largest absolute Gasteiger partial charge is 0.378 e. The van der Waals surface area contributed by atoms with Crippen molar-refractivity contribution < 1.29 is 4.74 Å². The van der Waals surface area contributed by atoms with E-state index in [9.17, 15) is 9.59 Å². The molecule has 0 aliphatic carbocycles. The van der Waals surface area contributed by atoms with Gasteiger partial charge in [-0.2, -0.15) is 0 Å². The van der Waals surface area contributed by atoms with Gasteiger partial charge in [0.1, 0.15) is 0 Å². The fourth-order valence-corrected chi connectivity index (χ4v) is 5.60. The van der Waals surface area contributed by atoms with Gasteiger partial charge in [0.25, 0.3) is 11.1 Å². The maximum atomic E-state index is 12.3. The third-order valence-electron chi connectivity index (χ3n) is 6.06. The normalized spacial score (nSPS) is 13.7. The van der Waals surface area contributed by atoms with Crippen LogP contribution in [0, 0.1) is 7.14 Å². The molecule has 0 saturated carbocycles. The second-order valence-corrected chi connectivity index (χ2v) is 11.0. The van der Waals surface area contributed by atoms with E-state index < -0.39 is 0 Å². The van der Waals surface area contributed by atoms with Crippen LogP contribution in [0.3, 0.4) is 0 Å². The van der Waals surface area contributed by atoms with Gasteiger partial charge in [0.05, 0.1) is 35.0 Å². The monoisotopic (exact) mass is 717 g/mol. The number of hydrogen-bond acceptors (Lipinski definition) is 4. The highest BCUT2D eigenvalue weighted by atomic mass is 127. The fraction of sp³-hybridized carbons (Fsp3) is 0.308. The fourth-order valence-electron chi connectivity index (χ4n) is 4.38. The van der Waals surface area contributed by atoms with Crippen LogP contribution in [0.15, 0.2) is 58.1 Å². The Hall–Kier alpha value is -1.63. The summed E-state index contributed by atoms with van der Waals surface area (Å²) < 4.78 is 11.3. The first-order valence-corrected chi connectivity index (χ1v) is 14.0. The van der Waals surface area contributed by atoms with Crippen molar-refractivity contribution in [2.45, 2.75) is 26.9 Å². The number of hydrogen-bond donors (Lipinski definition) is 0. The summed E-state index contributed by atoms with van der Waals surface area (Å²) >= 11 is 10.6. The number of nitrogens with zero attached hydrogens (tertiary/aromatic N) is 3. The van der Waals surface area contributed by atoms with Crippen LogP contribution in [-0.4, -0.2) is 35.4 Å². The van der Waals surface area contributed by atoms with Gasteiger partial charge < -0.3 is 18.8 Å². The van der Waals surface area contributed by atoms with Crippen LogP contribution in [0.4, 0.5) is 5.69 Å². The molecule has 1 fully saturated rings. The second-order valence-electron chi connectivity index (χ2n) is 8.11. The summed E-state index contributed by atoms with van der Waals surface area (Å²) in [4.78, 5) is 26.2. The van der Waals surface area contributed by atoms with Crippen LogP contribution in [-0.2, 0) is 17.8 Å². The van der Waals surface area contributed by atoms with Gasteiger partial charge >= 0.3 is 0 Å². The van der Waals surface area contributed by atoms with E-state index >= 15 is 0 Å². The predicted molar refractivity (Wildman–Crippen MR) is 161 cm³/mol. The molecule has 0 atom stereocenters. The number of fused-ring (bicyclic) bond motifs is 2. The van der Waals surface area contributed by atoms with Gasteiger partial charge in [-0.1, -0.05) is 11.6 Å². The van der Waals surface area contributed by atoms with Gasteiger partial charge in [-0.25, -0.2) is 0 Å². The Morgan fingerprint density at radius 1 is 0.800 bits per heavy atom. The molecule has 0 spiro atoms. The van der Waals surface area contributed by atoms with Crippen molar-refractivity contribution >= 4 is 84.3 Å². The van der Waals surface area contributed by atoms with E-state index in [1.54, 1.807) is 10.6 Å². The number of morpholine rings is 1. The number of rotatable bonds is 3. The van der Waals surface area contributed by atoms with Gasteiger partial charge in [-0.3, -0.25) is 9.59 Å². The zero-order valence-corrected chi connectivity index (χ0v) is 24.6. The molecular weight excluding hydrogens is 692 g/mol. The van der Waals surface area contributed by atoms with Crippen LogP contribution in [0.25, 0.3) is 21.8 Å². The van der Waals surface area contributed by atoms with E-state index in [0.717, 1.165) is 57.4 Å². The van der Waals surface area contributed by atoms with Gasteiger partial charge in [0.2, 0.25) is 0 Å². The number of halogens is 3. The Balaban J connectivity index is 0.000000172. The topological polar surface area (TPSA) is 56.5 Å². The summed E-state index contributed by atoms with van der Waals surface area (Å²) in [6.07, 6.45) is 0. The highest BCUT2D eigenvalue weighted by Crippen LogP contribution is 2.27. The van der Waals surface area contributed by atoms with Crippen LogP contribution in [0.5, 0.6) is 0 Å².